The summed E-state index contributed by atoms with van der Waals surface area (Å²) < 4.78 is 6.36. The number of ether oxygens (including phenoxy) is 1. The van der Waals surface area contributed by atoms with Gasteiger partial charge in [-0.2, -0.15) is 5.10 Å². The monoisotopic (exact) mass is 347 g/mol. The number of hydrogen-bond acceptors (Lipinski definition) is 4. The molecule has 0 fully saturated rings. The number of halogens is 1. The lowest BCUT2D eigenvalue weighted by molar-refractivity contribution is -0.127. The van der Waals surface area contributed by atoms with Gasteiger partial charge in [0.15, 0.2) is 6.10 Å². The number of rotatable bonds is 5. The van der Waals surface area contributed by atoms with Gasteiger partial charge in [-0.25, -0.2) is 5.43 Å². The van der Waals surface area contributed by atoms with Crippen molar-refractivity contribution in [1.29, 1.82) is 0 Å². The molecule has 2 aromatic rings. The Bertz CT molecular complexity index is 632. The highest BCUT2D eigenvalue weighted by Crippen LogP contribution is 2.24. The summed E-state index contributed by atoms with van der Waals surface area (Å²) in [5.41, 5.74) is 3.24. The Morgan fingerprint density at radius 2 is 2.19 bits per heavy atom. The maximum Gasteiger partial charge on any atom is 0.280 e. The van der Waals surface area contributed by atoms with Crippen LogP contribution in [0, 0.1) is 0 Å². The summed E-state index contributed by atoms with van der Waals surface area (Å²) in [6, 6.07) is 11.0. The molecule has 0 spiro atoms. The van der Waals surface area contributed by atoms with Gasteiger partial charge in [-0.3, -0.25) is 9.78 Å². The second-order valence-electron chi connectivity index (χ2n) is 4.21. The second kappa shape index (κ2) is 7.54. The van der Waals surface area contributed by atoms with Gasteiger partial charge in [-0.15, -0.1) is 0 Å². The minimum Gasteiger partial charge on any atom is -0.480 e. The molecule has 0 saturated heterocycles. The molecule has 1 N–H and O–H groups in total. The Labute approximate surface area is 131 Å². The standard InChI is InChI=1S/C15H14BrN3O2/c1-11(21-14-7-3-2-6-13(14)16)15(20)19-18-10-12-5-4-8-17-9-12/h2-11H,1H3,(H,19,20). The Balaban J connectivity index is 1.88. The zero-order valence-corrected chi connectivity index (χ0v) is 12.9. The van der Waals surface area contributed by atoms with Crippen molar-refractivity contribution in [2.24, 2.45) is 5.10 Å². The minimum atomic E-state index is -0.658. The molecule has 108 valence electrons. The number of hydrogen-bond donors (Lipinski definition) is 1. The van der Waals surface area contributed by atoms with Gasteiger partial charge in [0, 0.05) is 18.0 Å². The molecule has 21 heavy (non-hydrogen) atoms. The maximum absolute atomic E-state index is 11.9. The first-order valence-electron chi connectivity index (χ1n) is 6.31. The largest absolute Gasteiger partial charge is 0.480 e. The predicted molar refractivity (Wildman–Crippen MR) is 84.2 cm³/mol. The fourth-order valence-electron chi connectivity index (χ4n) is 1.50. The van der Waals surface area contributed by atoms with E-state index in [0.717, 1.165) is 10.0 Å². The number of carbonyl (C=O) groups excluding carboxylic acids is 1. The fraction of sp³-hybridized carbons (Fsp3) is 0.133. The van der Waals surface area contributed by atoms with Crippen LogP contribution >= 0.6 is 15.9 Å². The van der Waals surface area contributed by atoms with Crippen molar-refractivity contribution in [3.05, 3.63) is 58.8 Å². The lowest BCUT2D eigenvalue weighted by Crippen LogP contribution is -2.33. The summed E-state index contributed by atoms with van der Waals surface area (Å²) in [6.07, 6.45) is 4.19. The van der Waals surface area contributed by atoms with Crippen LogP contribution in [0.4, 0.5) is 0 Å². The van der Waals surface area contributed by atoms with Crippen molar-refractivity contribution in [2.45, 2.75) is 13.0 Å². The van der Waals surface area contributed by atoms with E-state index in [-0.39, 0.29) is 5.91 Å². The van der Waals surface area contributed by atoms with E-state index < -0.39 is 6.10 Å². The Hall–Kier alpha value is -2.21. The quantitative estimate of drug-likeness (QED) is 0.668. The molecule has 1 aromatic carbocycles. The Morgan fingerprint density at radius 3 is 2.90 bits per heavy atom. The third kappa shape index (κ3) is 4.68. The normalized spacial score (nSPS) is 12.1. The molecule has 1 heterocycles. The molecule has 0 radical (unpaired) electrons. The number of amides is 1. The van der Waals surface area contributed by atoms with Gasteiger partial charge in [-0.1, -0.05) is 18.2 Å². The first-order chi connectivity index (χ1) is 10.2. The lowest BCUT2D eigenvalue weighted by atomic mass is 10.3. The van der Waals surface area contributed by atoms with Gasteiger partial charge >= 0.3 is 0 Å². The zero-order valence-electron chi connectivity index (χ0n) is 11.4. The fourth-order valence-corrected chi connectivity index (χ4v) is 1.88. The highest BCUT2D eigenvalue weighted by atomic mass is 79.9. The van der Waals surface area contributed by atoms with Crippen LogP contribution in [0.5, 0.6) is 5.75 Å². The molecule has 2 rings (SSSR count). The van der Waals surface area contributed by atoms with Gasteiger partial charge in [0.25, 0.3) is 5.91 Å². The van der Waals surface area contributed by atoms with Gasteiger partial charge in [-0.05, 0) is 41.1 Å². The van der Waals surface area contributed by atoms with Gasteiger partial charge < -0.3 is 4.74 Å². The van der Waals surface area contributed by atoms with Crippen molar-refractivity contribution in [1.82, 2.24) is 10.4 Å². The molecule has 6 heteroatoms. The number of carbonyl (C=O) groups is 1. The summed E-state index contributed by atoms with van der Waals surface area (Å²) in [6.45, 7) is 1.66. The third-order valence-corrected chi connectivity index (χ3v) is 3.24. The molecule has 1 atom stereocenters. The Kier molecular flexibility index (Phi) is 5.45. The van der Waals surface area contributed by atoms with E-state index in [0.29, 0.717) is 5.75 Å². The lowest BCUT2D eigenvalue weighted by Gasteiger charge is -2.13. The van der Waals surface area contributed by atoms with Crippen LogP contribution in [0.3, 0.4) is 0 Å². The summed E-state index contributed by atoms with van der Waals surface area (Å²) in [5.74, 6) is 0.280. The number of nitrogens with one attached hydrogen (secondary N) is 1. The van der Waals surface area contributed by atoms with Crippen LogP contribution in [0.25, 0.3) is 0 Å². The van der Waals surface area contributed by atoms with Crippen LogP contribution in [0.15, 0.2) is 58.4 Å². The molecule has 0 aliphatic carbocycles. The molecule has 1 aromatic heterocycles. The van der Waals surface area contributed by atoms with Crippen molar-refractivity contribution < 1.29 is 9.53 Å². The van der Waals surface area contributed by atoms with Crippen molar-refractivity contribution >= 4 is 28.1 Å². The highest BCUT2D eigenvalue weighted by Gasteiger charge is 2.14. The number of nitrogens with zero attached hydrogens (tertiary/aromatic N) is 2. The van der Waals surface area contributed by atoms with Crippen LogP contribution in [0.2, 0.25) is 0 Å². The average molecular weight is 348 g/mol. The first-order valence-corrected chi connectivity index (χ1v) is 7.10. The molecule has 0 aliphatic heterocycles. The van der Waals surface area contributed by atoms with E-state index >= 15 is 0 Å². The molecular weight excluding hydrogens is 334 g/mol. The molecule has 1 unspecified atom stereocenters. The SMILES string of the molecule is CC(Oc1ccccc1Br)C(=O)NN=Cc1cccnc1. The van der Waals surface area contributed by atoms with E-state index in [1.807, 2.05) is 24.3 Å². The van der Waals surface area contributed by atoms with Gasteiger partial charge in [0.1, 0.15) is 5.75 Å². The van der Waals surface area contributed by atoms with Crippen molar-refractivity contribution in [3.63, 3.8) is 0 Å². The third-order valence-electron chi connectivity index (χ3n) is 2.58. The molecule has 0 aliphatic rings. The van der Waals surface area contributed by atoms with E-state index in [9.17, 15) is 4.79 Å². The van der Waals surface area contributed by atoms with Crippen LogP contribution < -0.4 is 10.2 Å². The van der Waals surface area contributed by atoms with E-state index in [4.69, 9.17) is 4.74 Å². The maximum atomic E-state index is 11.9. The summed E-state index contributed by atoms with van der Waals surface area (Å²) >= 11 is 3.36. The Morgan fingerprint density at radius 1 is 1.38 bits per heavy atom. The topological polar surface area (TPSA) is 63.6 Å². The summed E-state index contributed by atoms with van der Waals surface area (Å²) in [5, 5.41) is 3.87. The second-order valence-corrected chi connectivity index (χ2v) is 5.07. The number of benzene rings is 1. The van der Waals surface area contributed by atoms with Gasteiger partial charge in [0.2, 0.25) is 0 Å². The van der Waals surface area contributed by atoms with Gasteiger partial charge in [0.05, 0.1) is 10.7 Å². The number of aromatic nitrogens is 1. The van der Waals surface area contributed by atoms with Crippen LogP contribution in [-0.4, -0.2) is 23.2 Å². The molecule has 1 amide bonds. The predicted octanol–water partition coefficient (Wildman–Crippen LogP) is 2.76. The van der Waals surface area contributed by atoms with Crippen molar-refractivity contribution in [2.75, 3.05) is 0 Å². The van der Waals surface area contributed by atoms with E-state index in [1.165, 1.54) is 6.21 Å². The van der Waals surface area contributed by atoms with Crippen LogP contribution in [-0.2, 0) is 4.79 Å². The number of hydrazone groups is 1. The molecular formula is C15H14BrN3O2. The van der Waals surface area contributed by atoms with Crippen LogP contribution in [0.1, 0.15) is 12.5 Å². The summed E-state index contributed by atoms with van der Waals surface area (Å²) in [7, 11) is 0. The molecule has 5 nitrogen and oxygen atoms in total. The minimum absolute atomic E-state index is 0.328. The van der Waals surface area contributed by atoms with Crippen molar-refractivity contribution in [3.8, 4) is 5.75 Å². The summed E-state index contributed by atoms with van der Waals surface area (Å²) in [4.78, 5) is 15.8. The highest BCUT2D eigenvalue weighted by molar-refractivity contribution is 9.10. The number of pyridine rings is 1. The number of para-hydroxylation sites is 1. The molecule has 0 saturated carbocycles. The smallest absolute Gasteiger partial charge is 0.280 e. The average Bonchev–Trinajstić information content (AvgIpc) is 2.50. The van der Waals surface area contributed by atoms with E-state index in [2.05, 4.69) is 31.4 Å². The van der Waals surface area contributed by atoms with E-state index in [1.54, 1.807) is 31.5 Å². The zero-order chi connectivity index (χ0) is 15.1. The first kappa shape index (κ1) is 15.2. The molecule has 0 bridgehead atoms.